The van der Waals surface area contributed by atoms with E-state index >= 15 is 0 Å². The molecule has 3 rings (SSSR count). The van der Waals surface area contributed by atoms with Gasteiger partial charge in [0.25, 0.3) is 0 Å². The number of nitrogens with one attached hydrogen (secondary N) is 1. The van der Waals surface area contributed by atoms with Gasteiger partial charge in [-0.15, -0.1) is 0 Å². The van der Waals surface area contributed by atoms with Crippen molar-refractivity contribution in [2.24, 2.45) is 10.7 Å². The maximum atomic E-state index is 5.95. The molecular formula is C22H31N5. The molecule has 3 N–H and O–H groups in total. The van der Waals surface area contributed by atoms with Crippen LogP contribution in [0.1, 0.15) is 25.0 Å². The smallest absolute Gasteiger partial charge is 0.189 e. The summed E-state index contributed by atoms with van der Waals surface area (Å²) in [4.78, 5) is 9.49. The number of para-hydroxylation sites is 1. The minimum Gasteiger partial charge on any atom is -0.370 e. The lowest BCUT2D eigenvalue weighted by Crippen LogP contribution is -2.46. The number of nitrogens with two attached hydrogens (primary N) is 1. The highest BCUT2D eigenvalue weighted by Crippen LogP contribution is 2.18. The molecule has 0 aromatic heterocycles. The van der Waals surface area contributed by atoms with Crippen molar-refractivity contribution in [1.82, 2.24) is 10.2 Å². The van der Waals surface area contributed by atoms with E-state index in [2.05, 4.69) is 88.6 Å². The first-order chi connectivity index (χ1) is 13.1. The van der Waals surface area contributed by atoms with Crippen molar-refractivity contribution < 1.29 is 0 Å². The molecule has 0 spiro atoms. The van der Waals surface area contributed by atoms with Gasteiger partial charge in [0, 0.05) is 44.5 Å². The van der Waals surface area contributed by atoms with E-state index in [1.165, 1.54) is 16.8 Å². The SMILES string of the molecule is CC(C)NC(N)=NCc1ccccc1CN1CCN(c2ccccc2)CC1. The van der Waals surface area contributed by atoms with Crippen LogP contribution in [0, 0.1) is 0 Å². The summed E-state index contributed by atoms with van der Waals surface area (Å²) in [5.74, 6) is 0.510. The summed E-state index contributed by atoms with van der Waals surface area (Å²) < 4.78 is 0. The Balaban J connectivity index is 1.57. The highest BCUT2D eigenvalue weighted by molar-refractivity contribution is 5.78. The van der Waals surface area contributed by atoms with Crippen LogP contribution in [0.3, 0.4) is 0 Å². The quantitative estimate of drug-likeness (QED) is 0.610. The van der Waals surface area contributed by atoms with Gasteiger partial charge >= 0.3 is 0 Å². The maximum absolute atomic E-state index is 5.95. The average molecular weight is 366 g/mol. The van der Waals surface area contributed by atoms with Gasteiger partial charge in [-0.1, -0.05) is 42.5 Å². The molecule has 1 aliphatic rings. The second kappa shape index (κ2) is 9.42. The number of anilines is 1. The number of benzene rings is 2. The van der Waals surface area contributed by atoms with Crippen LogP contribution >= 0.6 is 0 Å². The lowest BCUT2D eigenvalue weighted by atomic mass is 10.1. The summed E-state index contributed by atoms with van der Waals surface area (Å²) in [5, 5.41) is 3.15. The minimum absolute atomic E-state index is 0.296. The van der Waals surface area contributed by atoms with Crippen LogP contribution in [-0.2, 0) is 13.1 Å². The standard InChI is InChI=1S/C22H31N5/c1-18(2)25-22(23)24-16-19-8-6-7-9-20(19)17-26-12-14-27(15-13-26)21-10-4-3-5-11-21/h3-11,18H,12-17H2,1-2H3,(H3,23,24,25). The predicted octanol–water partition coefficient (Wildman–Crippen LogP) is 2.82. The molecule has 5 heteroatoms. The summed E-state index contributed by atoms with van der Waals surface area (Å²) in [6.07, 6.45) is 0. The molecule has 1 fully saturated rings. The molecule has 0 unspecified atom stereocenters. The third-order valence-electron chi connectivity index (χ3n) is 4.86. The summed E-state index contributed by atoms with van der Waals surface area (Å²) in [5.41, 5.74) is 9.86. The Kier molecular flexibility index (Phi) is 6.71. The van der Waals surface area contributed by atoms with Gasteiger partial charge in [0.15, 0.2) is 5.96 Å². The van der Waals surface area contributed by atoms with E-state index in [1.807, 2.05) is 0 Å². The average Bonchev–Trinajstić information content (AvgIpc) is 2.68. The molecule has 2 aromatic carbocycles. The zero-order chi connectivity index (χ0) is 19.1. The van der Waals surface area contributed by atoms with E-state index in [0.29, 0.717) is 18.5 Å². The highest BCUT2D eigenvalue weighted by atomic mass is 15.3. The van der Waals surface area contributed by atoms with Gasteiger partial charge in [0.2, 0.25) is 0 Å². The third kappa shape index (κ3) is 5.73. The number of nitrogens with zero attached hydrogens (tertiary/aromatic N) is 3. The third-order valence-corrected chi connectivity index (χ3v) is 4.86. The Morgan fingerprint density at radius 2 is 1.59 bits per heavy atom. The van der Waals surface area contributed by atoms with Crippen LogP contribution in [0.15, 0.2) is 59.6 Å². The molecule has 1 heterocycles. The Morgan fingerprint density at radius 1 is 0.963 bits per heavy atom. The summed E-state index contributed by atoms with van der Waals surface area (Å²) >= 11 is 0. The number of rotatable bonds is 6. The van der Waals surface area contributed by atoms with Gasteiger partial charge in [-0.3, -0.25) is 4.90 Å². The molecule has 2 aromatic rings. The van der Waals surface area contributed by atoms with Crippen LogP contribution in [0.2, 0.25) is 0 Å². The van der Waals surface area contributed by atoms with Crippen LogP contribution in [0.5, 0.6) is 0 Å². The van der Waals surface area contributed by atoms with E-state index < -0.39 is 0 Å². The zero-order valence-electron chi connectivity index (χ0n) is 16.4. The van der Waals surface area contributed by atoms with Crippen molar-refractivity contribution in [3.05, 3.63) is 65.7 Å². The lowest BCUT2D eigenvalue weighted by Gasteiger charge is -2.36. The minimum atomic E-state index is 0.296. The monoisotopic (exact) mass is 365 g/mol. The van der Waals surface area contributed by atoms with Crippen LogP contribution < -0.4 is 16.0 Å². The fourth-order valence-electron chi connectivity index (χ4n) is 3.42. The normalized spacial score (nSPS) is 16.0. The first-order valence-electron chi connectivity index (χ1n) is 9.77. The Morgan fingerprint density at radius 3 is 2.26 bits per heavy atom. The molecule has 144 valence electrons. The zero-order valence-corrected chi connectivity index (χ0v) is 16.4. The van der Waals surface area contributed by atoms with Crippen LogP contribution in [0.4, 0.5) is 5.69 Å². The highest BCUT2D eigenvalue weighted by Gasteiger charge is 2.18. The summed E-state index contributed by atoms with van der Waals surface area (Å²) in [6, 6.07) is 19.5. The number of hydrogen-bond donors (Lipinski definition) is 2. The fraction of sp³-hybridized carbons (Fsp3) is 0.409. The second-order valence-electron chi connectivity index (χ2n) is 7.37. The molecule has 0 saturated carbocycles. The summed E-state index contributed by atoms with van der Waals surface area (Å²) in [6.45, 7) is 9.98. The predicted molar refractivity (Wildman–Crippen MR) is 114 cm³/mol. The van der Waals surface area contributed by atoms with Crippen molar-refractivity contribution in [2.75, 3.05) is 31.1 Å². The number of piperazine rings is 1. The Bertz CT molecular complexity index is 733. The number of hydrogen-bond acceptors (Lipinski definition) is 3. The molecule has 0 bridgehead atoms. The van der Waals surface area contributed by atoms with Gasteiger partial charge in [0.1, 0.15) is 0 Å². The van der Waals surface area contributed by atoms with E-state index in [9.17, 15) is 0 Å². The van der Waals surface area contributed by atoms with Crippen molar-refractivity contribution in [1.29, 1.82) is 0 Å². The molecule has 0 radical (unpaired) electrons. The second-order valence-corrected chi connectivity index (χ2v) is 7.37. The Labute approximate surface area is 162 Å². The number of aliphatic imine (C=N–C) groups is 1. The first kappa shape index (κ1) is 19.2. The molecule has 0 amide bonds. The lowest BCUT2D eigenvalue weighted by molar-refractivity contribution is 0.249. The van der Waals surface area contributed by atoms with Crippen molar-refractivity contribution >= 4 is 11.6 Å². The van der Waals surface area contributed by atoms with Crippen molar-refractivity contribution in [3.63, 3.8) is 0 Å². The van der Waals surface area contributed by atoms with Crippen LogP contribution in [-0.4, -0.2) is 43.1 Å². The van der Waals surface area contributed by atoms with Gasteiger partial charge in [-0.25, -0.2) is 4.99 Å². The molecule has 5 nitrogen and oxygen atoms in total. The topological polar surface area (TPSA) is 56.9 Å². The van der Waals surface area contributed by atoms with Gasteiger partial charge in [0.05, 0.1) is 6.54 Å². The molecule has 1 saturated heterocycles. The van der Waals surface area contributed by atoms with E-state index in [0.717, 1.165) is 32.7 Å². The van der Waals surface area contributed by atoms with Gasteiger partial charge < -0.3 is 16.0 Å². The van der Waals surface area contributed by atoms with E-state index in [4.69, 9.17) is 5.73 Å². The Hall–Kier alpha value is -2.53. The summed E-state index contributed by atoms with van der Waals surface area (Å²) in [7, 11) is 0. The number of guanidine groups is 1. The van der Waals surface area contributed by atoms with Crippen molar-refractivity contribution in [3.8, 4) is 0 Å². The molecule has 1 aliphatic heterocycles. The first-order valence-corrected chi connectivity index (χ1v) is 9.77. The maximum Gasteiger partial charge on any atom is 0.189 e. The van der Waals surface area contributed by atoms with Crippen molar-refractivity contribution in [2.45, 2.75) is 33.0 Å². The fourth-order valence-corrected chi connectivity index (χ4v) is 3.42. The van der Waals surface area contributed by atoms with E-state index in [1.54, 1.807) is 0 Å². The van der Waals surface area contributed by atoms with Gasteiger partial charge in [-0.2, -0.15) is 0 Å². The van der Waals surface area contributed by atoms with E-state index in [-0.39, 0.29) is 0 Å². The van der Waals surface area contributed by atoms with Gasteiger partial charge in [-0.05, 0) is 37.1 Å². The molecule has 0 atom stereocenters. The molecule has 27 heavy (non-hydrogen) atoms. The van der Waals surface area contributed by atoms with Crippen LogP contribution in [0.25, 0.3) is 0 Å². The molecular weight excluding hydrogens is 334 g/mol. The largest absolute Gasteiger partial charge is 0.370 e. The molecule has 0 aliphatic carbocycles.